The molecule has 3 rings (SSSR count). The molecule has 1 amide bonds. The molecule has 0 radical (unpaired) electrons. The van der Waals surface area contributed by atoms with E-state index >= 15 is 0 Å². The molecule has 0 saturated carbocycles. The summed E-state index contributed by atoms with van der Waals surface area (Å²) in [4.78, 5) is 14.1. The summed E-state index contributed by atoms with van der Waals surface area (Å²) in [5, 5.41) is 3.43. The first-order valence-corrected chi connectivity index (χ1v) is 9.98. The van der Waals surface area contributed by atoms with Crippen molar-refractivity contribution in [3.05, 3.63) is 71.3 Å². The summed E-state index contributed by atoms with van der Waals surface area (Å²) < 4.78 is 11.2. The van der Waals surface area contributed by atoms with Crippen molar-refractivity contribution in [1.82, 2.24) is 10.2 Å². The highest BCUT2D eigenvalue weighted by Gasteiger charge is 2.25. The lowest BCUT2D eigenvalue weighted by Crippen LogP contribution is -2.49. The molecule has 0 aromatic heterocycles. The van der Waals surface area contributed by atoms with Crippen LogP contribution in [-0.2, 0) is 22.6 Å². The largest absolute Gasteiger partial charge is 0.445 e. The number of nitrogens with one attached hydrogen (secondary N) is 1. The zero-order valence-corrected chi connectivity index (χ0v) is 16.8. The smallest absolute Gasteiger partial charge is 0.410 e. The average Bonchev–Trinajstić information content (AvgIpc) is 2.73. The van der Waals surface area contributed by atoms with Gasteiger partial charge in [-0.1, -0.05) is 68.4 Å². The van der Waals surface area contributed by atoms with Crippen LogP contribution >= 0.6 is 0 Å². The third-order valence-corrected chi connectivity index (χ3v) is 4.95. The van der Waals surface area contributed by atoms with Crippen molar-refractivity contribution in [3.63, 3.8) is 0 Å². The summed E-state index contributed by atoms with van der Waals surface area (Å²) in [6.07, 6.45) is -0.297. The van der Waals surface area contributed by atoms with Crippen molar-refractivity contribution in [1.29, 1.82) is 0 Å². The lowest BCUT2D eigenvalue weighted by Gasteiger charge is -2.32. The van der Waals surface area contributed by atoms with Crippen LogP contribution in [-0.4, -0.2) is 43.3 Å². The topological polar surface area (TPSA) is 50.8 Å². The molecule has 5 heteroatoms. The predicted molar refractivity (Wildman–Crippen MR) is 110 cm³/mol. The molecule has 1 aliphatic heterocycles. The molecule has 1 unspecified atom stereocenters. The molecule has 1 saturated heterocycles. The summed E-state index contributed by atoms with van der Waals surface area (Å²) in [5.74, 6) is 0.547. The van der Waals surface area contributed by atoms with Gasteiger partial charge in [0.05, 0.1) is 19.3 Å². The molecule has 5 nitrogen and oxygen atoms in total. The van der Waals surface area contributed by atoms with Gasteiger partial charge >= 0.3 is 6.09 Å². The van der Waals surface area contributed by atoms with E-state index in [1.165, 1.54) is 11.1 Å². The van der Waals surface area contributed by atoms with Crippen LogP contribution in [0.2, 0.25) is 0 Å². The Labute approximate surface area is 167 Å². The van der Waals surface area contributed by atoms with Gasteiger partial charge in [0.15, 0.2) is 0 Å². The number of hydrogen-bond donors (Lipinski definition) is 1. The van der Waals surface area contributed by atoms with Crippen LogP contribution in [0.15, 0.2) is 54.6 Å². The van der Waals surface area contributed by atoms with Crippen molar-refractivity contribution in [2.24, 2.45) is 0 Å². The molecule has 2 aromatic carbocycles. The molecule has 0 aliphatic carbocycles. The van der Waals surface area contributed by atoms with E-state index in [9.17, 15) is 4.79 Å². The number of rotatable bonds is 7. The summed E-state index contributed by atoms with van der Waals surface area (Å²) in [6.45, 7) is 7.84. The van der Waals surface area contributed by atoms with Gasteiger partial charge in [-0.3, -0.25) is 0 Å². The summed E-state index contributed by atoms with van der Waals surface area (Å²) in [6, 6.07) is 18.4. The molecule has 0 bridgehead atoms. The van der Waals surface area contributed by atoms with E-state index in [0.29, 0.717) is 38.8 Å². The Hall–Kier alpha value is -2.37. The van der Waals surface area contributed by atoms with Crippen LogP contribution in [0.4, 0.5) is 4.79 Å². The van der Waals surface area contributed by atoms with Gasteiger partial charge in [0, 0.05) is 19.6 Å². The van der Waals surface area contributed by atoms with Crippen molar-refractivity contribution >= 4 is 6.09 Å². The van der Waals surface area contributed by atoms with Crippen LogP contribution in [0.25, 0.3) is 0 Å². The average molecular weight is 383 g/mol. The number of benzene rings is 2. The van der Waals surface area contributed by atoms with Crippen LogP contribution in [0.5, 0.6) is 0 Å². The van der Waals surface area contributed by atoms with Gasteiger partial charge < -0.3 is 19.7 Å². The van der Waals surface area contributed by atoms with E-state index in [4.69, 9.17) is 9.47 Å². The second kappa shape index (κ2) is 10.2. The number of carbonyl (C=O) groups is 1. The molecular weight excluding hydrogens is 352 g/mol. The SMILES string of the molecule is CC(C)c1ccc(CNCC2CN(C(=O)OCc3ccccc3)CCO2)cc1. The Balaban J connectivity index is 1.40. The molecule has 1 atom stereocenters. The van der Waals surface area contributed by atoms with Gasteiger partial charge in [-0.15, -0.1) is 0 Å². The highest BCUT2D eigenvalue weighted by atomic mass is 16.6. The monoisotopic (exact) mass is 382 g/mol. The van der Waals surface area contributed by atoms with Gasteiger partial charge in [0.25, 0.3) is 0 Å². The number of morpholine rings is 1. The molecule has 2 aromatic rings. The third-order valence-electron chi connectivity index (χ3n) is 4.95. The lowest BCUT2D eigenvalue weighted by atomic mass is 10.0. The van der Waals surface area contributed by atoms with E-state index in [0.717, 1.165) is 12.1 Å². The zero-order valence-electron chi connectivity index (χ0n) is 16.8. The highest BCUT2D eigenvalue weighted by Crippen LogP contribution is 2.15. The van der Waals surface area contributed by atoms with Gasteiger partial charge in [0.2, 0.25) is 0 Å². The van der Waals surface area contributed by atoms with Crippen LogP contribution in [0, 0.1) is 0 Å². The Morgan fingerprint density at radius 2 is 1.89 bits per heavy atom. The molecule has 1 heterocycles. The first-order chi connectivity index (χ1) is 13.6. The van der Waals surface area contributed by atoms with Crippen molar-refractivity contribution in [3.8, 4) is 0 Å². The second-order valence-electron chi connectivity index (χ2n) is 7.51. The van der Waals surface area contributed by atoms with Crippen molar-refractivity contribution in [2.45, 2.75) is 39.0 Å². The maximum absolute atomic E-state index is 12.3. The predicted octanol–water partition coefficient (Wildman–Crippen LogP) is 3.94. The minimum atomic E-state index is -0.276. The summed E-state index contributed by atoms with van der Waals surface area (Å²) >= 11 is 0. The van der Waals surface area contributed by atoms with E-state index in [1.54, 1.807) is 4.90 Å². The van der Waals surface area contributed by atoms with E-state index in [2.05, 4.69) is 43.4 Å². The van der Waals surface area contributed by atoms with Gasteiger partial charge in [-0.25, -0.2) is 4.79 Å². The van der Waals surface area contributed by atoms with Crippen LogP contribution < -0.4 is 5.32 Å². The molecule has 28 heavy (non-hydrogen) atoms. The van der Waals surface area contributed by atoms with E-state index in [1.807, 2.05) is 30.3 Å². The quantitative estimate of drug-likeness (QED) is 0.788. The molecule has 0 spiro atoms. The maximum atomic E-state index is 12.3. The second-order valence-corrected chi connectivity index (χ2v) is 7.51. The zero-order chi connectivity index (χ0) is 19.8. The fraction of sp³-hybridized carbons (Fsp3) is 0.435. The van der Waals surface area contributed by atoms with Gasteiger partial charge in [-0.05, 0) is 22.6 Å². The summed E-state index contributed by atoms with van der Waals surface area (Å²) in [7, 11) is 0. The van der Waals surface area contributed by atoms with Crippen molar-refractivity contribution < 1.29 is 14.3 Å². The number of amides is 1. The first-order valence-electron chi connectivity index (χ1n) is 9.98. The molecule has 150 valence electrons. The third kappa shape index (κ3) is 6.08. The normalized spacial score (nSPS) is 17.0. The number of nitrogens with zero attached hydrogens (tertiary/aromatic N) is 1. The Bertz CT molecular complexity index is 731. The van der Waals surface area contributed by atoms with E-state index in [-0.39, 0.29) is 12.2 Å². The molecule has 1 fully saturated rings. The van der Waals surface area contributed by atoms with Crippen LogP contribution in [0.3, 0.4) is 0 Å². The summed E-state index contributed by atoms with van der Waals surface area (Å²) in [5.41, 5.74) is 3.59. The fourth-order valence-corrected chi connectivity index (χ4v) is 3.22. The van der Waals surface area contributed by atoms with Crippen LogP contribution in [0.1, 0.15) is 36.5 Å². The molecular formula is C23H30N2O3. The number of carbonyl (C=O) groups excluding carboxylic acids is 1. The van der Waals surface area contributed by atoms with Gasteiger partial charge in [0.1, 0.15) is 6.61 Å². The van der Waals surface area contributed by atoms with Gasteiger partial charge in [-0.2, -0.15) is 0 Å². The Morgan fingerprint density at radius 1 is 1.14 bits per heavy atom. The Morgan fingerprint density at radius 3 is 2.61 bits per heavy atom. The lowest BCUT2D eigenvalue weighted by molar-refractivity contribution is -0.0271. The Kier molecular flexibility index (Phi) is 7.46. The number of ether oxygens (including phenoxy) is 2. The number of hydrogen-bond acceptors (Lipinski definition) is 4. The minimum absolute atomic E-state index is 0.0204. The molecule has 1 N–H and O–H groups in total. The first kappa shape index (κ1) is 20.4. The standard InChI is InChI=1S/C23H30N2O3/c1-18(2)21-10-8-19(9-11-21)14-24-15-22-16-25(12-13-27-22)23(26)28-17-20-6-4-3-5-7-20/h3-11,18,22,24H,12-17H2,1-2H3. The highest BCUT2D eigenvalue weighted by molar-refractivity contribution is 5.67. The minimum Gasteiger partial charge on any atom is -0.445 e. The van der Waals surface area contributed by atoms with Crippen molar-refractivity contribution in [2.75, 3.05) is 26.2 Å². The van der Waals surface area contributed by atoms with E-state index < -0.39 is 0 Å². The fourth-order valence-electron chi connectivity index (χ4n) is 3.22. The molecule has 1 aliphatic rings. The maximum Gasteiger partial charge on any atom is 0.410 e.